The van der Waals surface area contributed by atoms with Crippen molar-refractivity contribution >= 4 is 5.91 Å². The van der Waals surface area contributed by atoms with E-state index in [1.165, 1.54) is 32.1 Å². The molecule has 3 nitrogen and oxygen atoms in total. The summed E-state index contributed by atoms with van der Waals surface area (Å²) in [5, 5.41) is 2.53. The third-order valence-corrected chi connectivity index (χ3v) is 3.88. The Morgan fingerprint density at radius 3 is 2.17 bits per heavy atom. The van der Waals surface area contributed by atoms with E-state index in [2.05, 4.69) is 17.0 Å². The molecule has 1 aromatic rings. The first kappa shape index (κ1) is 20.3. The van der Waals surface area contributed by atoms with Crippen LogP contribution in [0.25, 0.3) is 0 Å². The highest BCUT2D eigenvalue weighted by atomic mass is 19.2. The lowest BCUT2D eigenvalue weighted by Gasteiger charge is -2.10. The number of nitrogens with one attached hydrogen (secondary N) is 1. The van der Waals surface area contributed by atoms with Crippen molar-refractivity contribution in [3.05, 3.63) is 29.1 Å². The van der Waals surface area contributed by atoms with E-state index in [1.807, 2.05) is 0 Å². The summed E-state index contributed by atoms with van der Waals surface area (Å²) in [7, 11) is 1.02. The summed E-state index contributed by atoms with van der Waals surface area (Å²) in [5.74, 6) is -5.59. The molecular formula is C18H26F3NO2. The standard InChI is InChI=1S/C18H26F3NO2/c1-3-4-5-6-7-8-9-10-11-22-18(23)13-12-14(19)16(21)17(24-2)15(13)20/h12H,3-11H2,1-2H3,(H,22,23). The number of unbranched alkanes of at least 4 members (excludes halogenated alkanes) is 7. The molecule has 0 aromatic heterocycles. The van der Waals surface area contributed by atoms with Gasteiger partial charge in [0.05, 0.1) is 12.7 Å². The Morgan fingerprint density at radius 2 is 1.58 bits per heavy atom. The number of methoxy groups -OCH3 is 1. The molecule has 6 heteroatoms. The number of carbonyl (C=O) groups excluding carboxylic acids is 1. The second-order valence-corrected chi connectivity index (χ2v) is 5.80. The SMILES string of the molecule is CCCCCCCCCCNC(=O)c1cc(F)c(F)c(OC)c1F. The maximum Gasteiger partial charge on any atom is 0.254 e. The Kier molecular flexibility index (Phi) is 9.27. The molecule has 1 N–H and O–H groups in total. The van der Waals surface area contributed by atoms with Crippen LogP contribution < -0.4 is 10.1 Å². The molecule has 0 spiro atoms. The lowest BCUT2D eigenvalue weighted by molar-refractivity contribution is 0.0947. The summed E-state index contributed by atoms with van der Waals surface area (Å²) in [6.45, 7) is 2.54. The van der Waals surface area contributed by atoms with Crippen LogP contribution >= 0.6 is 0 Å². The van der Waals surface area contributed by atoms with E-state index >= 15 is 0 Å². The van der Waals surface area contributed by atoms with Crippen LogP contribution in [0.15, 0.2) is 6.07 Å². The van der Waals surface area contributed by atoms with Crippen LogP contribution in [0.5, 0.6) is 5.75 Å². The van der Waals surface area contributed by atoms with Crippen LogP contribution in [0.2, 0.25) is 0 Å². The molecule has 0 unspecified atom stereocenters. The second kappa shape index (κ2) is 10.9. The Hall–Kier alpha value is -1.72. The molecule has 0 radical (unpaired) electrons. The van der Waals surface area contributed by atoms with Crippen molar-refractivity contribution in [2.45, 2.75) is 58.3 Å². The zero-order valence-electron chi connectivity index (χ0n) is 14.4. The zero-order valence-corrected chi connectivity index (χ0v) is 14.4. The largest absolute Gasteiger partial charge is 0.491 e. The van der Waals surface area contributed by atoms with Gasteiger partial charge in [0.25, 0.3) is 5.91 Å². The van der Waals surface area contributed by atoms with Gasteiger partial charge < -0.3 is 10.1 Å². The number of halogens is 3. The first-order valence-electron chi connectivity index (χ1n) is 8.52. The van der Waals surface area contributed by atoms with Gasteiger partial charge in [-0.25, -0.2) is 8.78 Å². The van der Waals surface area contributed by atoms with E-state index < -0.39 is 34.7 Å². The van der Waals surface area contributed by atoms with E-state index in [0.29, 0.717) is 12.6 Å². The number of hydrogen-bond acceptors (Lipinski definition) is 2. The van der Waals surface area contributed by atoms with Gasteiger partial charge in [-0.2, -0.15) is 4.39 Å². The highest BCUT2D eigenvalue weighted by molar-refractivity contribution is 5.95. The minimum atomic E-state index is -1.44. The highest BCUT2D eigenvalue weighted by Crippen LogP contribution is 2.26. The molecule has 0 saturated heterocycles. The maximum absolute atomic E-state index is 13.9. The van der Waals surface area contributed by atoms with Crippen molar-refractivity contribution < 1.29 is 22.7 Å². The zero-order chi connectivity index (χ0) is 17.9. The van der Waals surface area contributed by atoms with E-state index in [9.17, 15) is 18.0 Å². The molecule has 0 fully saturated rings. The molecule has 1 amide bonds. The van der Waals surface area contributed by atoms with Gasteiger partial charge in [0, 0.05) is 6.54 Å². The Labute approximate surface area is 141 Å². The van der Waals surface area contributed by atoms with Crippen molar-refractivity contribution in [3.63, 3.8) is 0 Å². The van der Waals surface area contributed by atoms with Crippen LogP contribution in [0.1, 0.15) is 68.6 Å². The monoisotopic (exact) mass is 345 g/mol. The molecule has 0 bridgehead atoms. The van der Waals surface area contributed by atoms with E-state index in [-0.39, 0.29) is 0 Å². The van der Waals surface area contributed by atoms with Gasteiger partial charge in [0.1, 0.15) is 0 Å². The lowest BCUT2D eigenvalue weighted by atomic mass is 10.1. The van der Waals surface area contributed by atoms with Gasteiger partial charge in [0.2, 0.25) is 5.82 Å². The van der Waals surface area contributed by atoms with E-state index in [4.69, 9.17) is 0 Å². The number of rotatable bonds is 11. The molecule has 0 aliphatic carbocycles. The fourth-order valence-corrected chi connectivity index (χ4v) is 2.48. The van der Waals surface area contributed by atoms with Crippen molar-refractivity contribution in [3.8, 4) is 5.75 Å². The van der Waals surface area contributed by atoms with Crippen molar-refractivity contribution in [1.29, 1.82) is 0 Å². The predicted molar refractivity (Wildman–Crippen MR) is 87.8 cm³/mol. The number of ether oxygens (including phenoxy) is 1. The molecule has 1 rings (SSSR count). The topological polar surface area (TPSA) is 38.3 Å². The molecule has 0 aliphatic rings. The minimum Gasteiger partial charge on any atom is -0.491 e. The van der Waals surface area contributed by atoms with E-state index in [0.717, 1.165) is 26.4 Å². The lowest BCUT2D eigenvalue weighted by Crippen LogP contribution is -2.26. The molecule has 0 heterocycles. The molecule has 0 atom stereocenters. The van der Waals surface area contributed by atoms with Gasteiger partial charge in [0.15, 0.2) is 17.4 Å². The second-order valence-electron chi connectivity index (χ2n) is 5.80. The quantitative estimate of drug-likeness (QED) is 0.453. The molecule has 24 heavy (non-hydrogen) atoms. The Bertz CT molecular complexity index is 535. The highest BCUT2D eigenvalue weighted by Gasteiger charge is 2.23. The fourth-order valence-electron chi connectivity index (χ4n) is 2.48. The molecule has 1 aromatic carbocycles. The number of hydrogen-bond donors (Lipinski definition) is 1. The number of carbonyl (C=O) groups is 1. The summed E-state index contributed by atoms with van der Waals surface area (Å²) in [6.07, 6.45) is 8.95. The third-order valence-electron chi connectivity index (χ3n) is 3.88. The normalized spacial score (nSPS) is 10.7. The van der Waals surface area contributed by atoms with Crippen LogP contribution in [0.4, 0.5) is 13.2 Å². The summed E-state index contributed by atoms with van der Waals surface area (Å²) in [6, 6.07) is 0.552. The fraction of sp³-hybridized carbons (Fsp3) is 0.611. The van der Waals surface area contributed by atoms with Crippen molar-refractivity contribution in [1.82, 2.24) is 5.32 Å². The number of amides is 1. The van der Waals surface area contributed by atoms with Crippen molar-refractivity contribution in [2.75, 3.05) is 13.7 Å². The van der Waals surface area contributed by atoms with Gasteiger partial charge in [-0.05, 0) is 12.5 Å². The Morgan fingerprint density at radius 1 is 1.00 bits per heavy atom. The van der Waals surface area contributed by atoms with E-state index in [1.54, 1.807) is 0 Å². The van der Waals surface area contributed by atoms with Gasteiger partial charge >= 0.3 is 0 Å². The van der Waals surface area contributed by atoms with Crippen LogP contribution in [0.3, 0.4) is 0 Å². The third kappa shape index (κ3) is 6.06. The summed E-state index contributed by atoms with van der Waals surface area (Å²) in [5.41, 5.74) is -0.551. The Balaban J connectivity index is 2.37. The van der Waals surface area contributed by atoms with Gasteiger partial charge in [-0.15, -0.1) is 0 Å². The smallest absolute Gasteiger partial charge is 0.254 e. The number of benzene rings is 1. The van der Waals surface area contributed by atoms with Crippen LogP contribution in [-0.4, -0.2) is 19.6 Å². The molecule has 136 valence electrons. The van der Waals surface area contributed by atoms with Crippen molar-refractivity contribution in [2.24, 2.45) is 0 Å². The van der Waals surface area contributed by atoms with Gasteiger partial charge in [-0.3, -0.25) is 4.79 Å². The first-order valence-corrected chi connectivity index (χ1v) is 8.52. The first-order chi connectivity index (χ1) is 11.5. The van der Waals surface area contributed by atoms with Crippen LogP contribution in [-0.2, 0) is 0 Å². The predicted octanol–water partition coefficient (Wildman–Crippen LogP) is 4.98. The summed E-state index contributed by atoms with van der Waals surface area (Å²) in [4.78, 5) is 11.9. The van der Waals surface area contributed by atoms with Gasteiger partial charge in [-0.1, -0.05) is 51.9 Å². The molecule has 0 aliphatic heterocycles. The maximum atomic E-state index is 13.9. The molecule has 0 saturated carbocycles. The average Bonchev–Trinajstić information content (AvgIpc) is 2.57. The summed E-state index contributed by atoms with van der Waals surface area (Å²) < 4.78 is 45.1. The molecular weight excluding hydrogens is 319 g/mol. The average molecular weight is 345 g/mol. The van der Waals surface area contributed by atoms with Crippen LogP contribution in [0, 0.1) is 17.5 Å². The minimum absolute atomic E-state index is 0.370. The summed E-state index contributed by atoms with van der Waals surface area (Å²) >= 11 is 0.